The van der Waals surface area contributed by atoms with Gasteiger partial charge in [0.05, 0.1) is 12.2 Å². The summed E-state index contributed by atoms with van der Waals surface area (Å²) in [4.78, 5) is 35.9. The summed E-state index contributed by atoms with van der Waals surface area (Å²) in [6, 6.07) is 0. The Labute approximate surface area is 148 Å². The Morgan fingerprint density at radius 1 is 1.08 bits per heavy atom. The highest BCUT2D eigenvalue weighted by atomic mass is 16.6. The van der Waals surface area contributed by atoms with Crippen LogP contribution in [0.4, 0.5) is 10.7 Å². The van der Waals surface area contributed by atoms with Gasteiger partial charge >= 0.3 is 6.09 Å². The van der Waals surface area contributed by atoms with Crippen LogP contribution in [0.15, 0.2) is 12.4 Å². The van der Waals surface area contributed by atoms with E-state index in [0.717, 1.165) is 13.0 Å². The van der Waals surface area contributed by atoms with Gasteiger partial charge in [-0.2, -0.15) is 0 Å². The summed E-state index contributed by atoms with van der Waals surface area (Å²) in [6.45, 7) is 7.03. The molecule has 1 aliphatic heterocycles. The number of carbonyl (C=O) groups is 2. The number of piperazine rings is 1. The fourth-order valence-corrected chi connectivity index (χ4v) is 2.59. The largest absolute Gasteiger partial charge is 0.450 e. The van der Waals surface area contributed by atoms with Gasteiger partial charge in [0.1, 0.15) is 0 Å². The lowest BCUT2D eigenvalue weighted by Gasteiger charge is -2.33. The Morgan fingerprint density at radius 3 is 2.32 bits per heavy atom. The van der Waals surface area contributed by atoms with E-state index in [4.69, 9.17) is 4.74 Å². The predicted molar refractivity (Wildman–Crippen MR) is 94.5 cm³/mol. The van der Waals surface area contributed by atoms with E-state index in [1.165, 1.54) is 12.8 Å². The van der Waals surface area contributed by atoms with Crippen molar-refractivity contribution in [3.8, 4) is 0 Å². The number of nitrogens with one attached hydrogen (secondary N) is 1. The molecule has 1 saturated heterocycles. The van der Waals surface area contributed by atoms with Crippen molar-refractivity contribution in [1.29, 1.82) is 0 Å². The van der Waals surface area contributed by atoms with Gasteiger partial charge in [-0.15, -0.1) is 0 Å². The maximum Gasteiger partial charge on any atom is 0.409 e. The maximum absolute atomic E-state index is 12.5. The zero-order chi connectivity index (χ0) is 18.1. The number of hydrogen-bond donors (Lipinski definition) is 1. The molecule has 8 heteroatoms. The summed E-state index contributed by atoms with van der Waals surface area (Å²) in [5.41, 5.74) is 0.462. The van der Waals surface area contributed by atoms with Crippen LogP contribution in [0.2, 0.25) is 0 Å². The smallest absolute Gasteiger partial charge is 0.409 e. The molecular formula is C17H27N5O3. The van der Waals surface area contributed by atoms with Crippen molar-refractivity contribution >= 4 is 17.9 Å². The first-order valence-corrected chi connectivity index (χ1v) is 8.92. The number of carbonyl (C=O) groups excluding carboxylic acids is 2. The lowest BCUT2D eigenvalue weighted by molar-refractivity contribution is 0.0570. The normalized spacial score (nSPS) is 14.3. The third-order valence-corrected chi connectivity index (χ3v) is 4.06. The van der Waals surface area contributed by atoms with Crippen molar-refractivity contribution in [3.63, 3.8) is 0 Å². The number of hydrogen-bond acceptors (Lipinski definition) is 6. The van der Waals surface area contributed by atoms with Gasteiger partial charge in [0.2, 0.25) is 5.95 Å². The SMILES string of the molecule is CCCCCNc1ncc(C(=O)N2CCN(C(=O)OCC)CC2)cn1. The summed E-state index contributed by atoms with van der Waals surface area (Å²) in [6.07, 6.45) is 6.19. The second-order valence-electron chi connectivity index (χ2n) is 5.91. The van der Waals surface area contributed by atoms with E-state index in [0.29, 0.717) is 44.3 Å². The zero-order valence-electron chi connectivity index (χ0n) is 15.0. The first-order valence-electron chi connectivity index (χ1n) is 8.92. The van der Waals surface area contributed by atoms with Gasteiger partial charge < -0.3 is 19.9 Å². The fraction of sp³-hybridized carbons (Fsp3) is 0.647. The van der Waals surface area contributed by atoms with Gasteiger partial charge in [-0.1, -0.05) is 19.8 Å². The molecule has 1 fully saturated rings. The molecule has 1 N–H and O–H groups in total. The first kappa shape index (κ1) is 19.0. The molecule has 0 spiro atoms. The van der Waals surface area contributed by atoms with E-state index in [1.54, 1.807) is 29.1 Å². The van der Waals surface area contributed by atoms with Crippen molar-refractivity contribution in [3.05, 3.63) is 18.0 Å². The molecule has 1 aromatic heterocycles. The number of nitrogens with zero attached hydrogens (tertiary/aromatic N) is 4. The standard InChI is InChI=1S/C17H27N5O3/c1-3-5-6-7-18-16-19-12-14(13-20-16)15(23)21-8-10-22(11-9-21)17(24)25-4-2/h12-13H,3-11H2,1-2H3,(H,18,19,20). The number of rotatable bonds is 7. The molecule has 0 aliphatic carbocycles. The van der Waals surface area contributed by atoms with Crippen LogP contribution in [-0.2, 0) is 4.74 Å². The van der Waals surface area contributed by atoms with Gasteiger partial charge in [-0.25, -0.2) is 14.8 Å². The highest BCUT2D eigenvalue weighted by Crippen LogP contribution is 2.10. The van der Waals surface area contributed by atoms with Crippen LogP contribution < -0.4 is 5.32 Å². The molecule has 1 aliphatic rings. The molecule has 0 radical (unpaired) electrons. The minimum atomic E-state index is -0.323. The minimum absolute atomic E-state index is 0.110. The summed E-state index contributed by atoms with van der Waals surface area (Å²) in [7, 11) is 0. The molecule has 1 aromatic rings. The van der Waals surface area contributed by atoms with Gasteiger partial charge in [0.25, 0.3) is 5.91 Å². The number of unbranched alkanes of at least 4 members (excludes halogenated alkanes) is 2. The lowest BCUT2D eigenvalue weighted by Crippen LogP contribution is -2.50. The third-order valence-electron chi connectivity index (χ3n) is 4.06. The minimum Gasteiger partial charge on any atom is -0.450 e. The highest BCUT2D eigenvalue weighted by molar-refractivity contribution is 5.93. The Bertz CT molecular complexity index is 556. The summed E-state index contributed by atoms with van der Waals surface area (Å²) in [5, 5.41) is 3.15. The van der Waals surface area contributed by atoms with Crippen molar-refractivity contribution in [2.45, 2.75) is 33.1 Å². The predicted octanol–water partition coefficient (Wildman–Crippen LogP) is 1.99. The molecule has 0 aromatic carbocycles. The molecule has 8 nitrogen and oxygen atoms in total. The molecule has 0 bridgehead atoms. The third kappa shape index (κ3) is 5.58. The molecule has 25 heavy (non-hydrogen) atoms. The van der Waals surface area contributed by atoms with Crippen LogP contribution in [-0.4, -0.2) is 71.1 Å². The van der Waals surface area contributed by atoms with E-state index in [9.17, 15) is 9.59 Å². The second kappa shape index (κ2) is 9.80. The Kier molecular flexibility index (Phi) is 7.43. The maximum atomic E-state index is 12.5. The van der Waals surface area contributed by atoms with Crippen LogP contribution in [0.5, 0.6) is 0 Å². The van der Waals surface area contributed by atoms with Crippen molar-refractivity contribution in [2.24, 2.45) is 0 Å². The van der Waals surface area contributed by atoms with Crippen molar-refractivity contribution in [1.82, 2.24) is 19.8 Å². The number of anilines is 1. The molecule has 2 amide bonds. The van der Waals surface area contributed by atoms with E-state index >= 15 is 0 Å². The van der Waals surface area contributed by atoms with Crippen LogP contribution in [0.25, 0.3) is 0 Å². The summed E-state index contributed by atoms with van der Waals surface area (Å²) >= 11 is 0. The molecular weight excluding hydrogens is 322 g/mol. The zero-order valence-corrected chi connectivity index (χ0v) is 15.0. The Hall–Kier alpha value is -2.38. The average Bonchev–Trinajstić information content (AvgIpc) is 2.65. The topological polar surface area (TPSA) is 87.7 Å². The number of ether oxygens (including phenoxy) is 1. The number of aromatic nitrogens is 2. The second-order valence-corrected chi connectivity index (χ2v) is 5.91. The van der Waals surface area contributed by atoms with Crippen LogP contribution in [0.3, 0.4) is 0 Å². The highest BCUT2D eigenvalue weighted by Gasteiger charge is 2.25. The molecule has 2 rings (SSSR count). The van der Waals surface area contributed by atoms with Gasteiger partial charge in [0, 0.05) is 45.1 Å². The van der Waals surface area contributed by atoms with Crippen LogP contribution in [0.1, 0.15) is 43.5 Å². The Morgan fingerprint density at radius 2 is 1.72 bits per heavy atom. The molecule has 0 unspecified atom stereocenters. The van der Waals surface area contributed by atoms with Gasteiger partial charge in [-0.05, 0) is 13.3 Å². The fourth-order valence-electron chi connectivity index (χ4n) is 2.59. The monoisotopic (exact) mass is 349 g/mol. The summed E-state index contributed by atoms with van der Waals surface area (Å²) < 4.78 is 4.98. The van der Waals surface area contributed by atoms with E-state index in [-0.39, 0.29) is 12.0 Å². The lowest BCUT2D eigenvalue weighted by atomic mass is 10.2. The molecule has 138 valence electrons. The summed E-state index contributed by atoms with van der Waals surface area (Å²) in [5.74, 6) is 0.431. The molecule has 2 heterocycles. The van der Waals surface area contributed by atoms with Crippen LogP contribution >= 0.6 is 0 Å². The van der Waals surface area contributed by atoms with E-state index in [1.807, 2.05) is 0 Å². The van der Waals surface area contributed by atoms with Crippen molar-refractivity contribution < 1.29 is 14.3 Å². The number of amides is 2. The van der Waals surface area contributed by atoms with Crippen molar-refractivity contribution in [2.75, 3.05) is 44.6 Å². The quantitative estimate of drug-likeness (QED) is 0.758. The van der Waals surface area contributed by atoms with Gasteiger partial charge in [-0.3, -0.25) is 4.79 Å². The Balaban J connectivity index is 1.82. The van der Waals surface area contributed by atoms with Crippen LogP contribution in [0, 0.1) is 0 Å². The van der Waals surface area contributed by atoms with E-state index < -0.39 is 0 Å². The molecule has 0 atom stereocenters. The first-order chi connectivity index (χ1) is 12.2. The van der Waals surface area contributed by atoms with Gasteiger partial charge in [0.15, 0.2) is 0 Å². The molecule has 0 saturated carbocycles. The van der Waals surface area contributed by atoms with E-state index in [2.05, 4.69) is 22.2 Å². The average molecular weight is 349 g/mol.